The Morgan fingerprint density at radius 2 is 1.91 bits per heavy atom. The molecule has 2 aromatic carbocycles. The van der Waals surface area contributed by atoms with E-state index in [1.807, 2.05) is 18.2 Å². The second kappa shape index (κ2) is 7.55. The fourth-order valence-corrected chi connectivity index (χ4v) is 1.98. The lowest BCUT2D eigenvalue weighted by molar-refractivity contribution is 0.0951. The Balaban J connectivity index is 1.95. The van der Waals surface area contributed by atoms with Crippen LogP contribution in [0.4, 0.5) is 4.39 Å². The molecule has 0 aliphatic heterocycles. The number of hydrogen-bond donors (Lipinski definition) is 1. The maximum Gasteiger partial charge on any atom is 0.251 e. The Morgan fingerprint density at radius 1 is 1.18 bits per heavy atom. The van der Waals surface area contributed by atoms with Crippen LogP contribution in [0, 0.1) is 11.7 Å². The lowest BCUT2D eigenvalue weighted by Gasteiger charge is -2.06. The van der Waals surface area contributed by atoms with Crippen LogP contribution >= 0.6 is 0 Å². The van der Waals surface area contributed by atoms with Crippen molar-refractivity contribution < 1.29 is 9.18 Å². The van der Waals surface area contributed by atoms with Gasteiger partial charge < -0.3 is 5.32 Å². The topological polar surface area (TPSA) is 29.1 Å². The van der Waals surface area contributed by atoms with E-state index in [0.29, 0.717) is 18.0 Å². The second-order valence-corrected chi connectivity index (χ2v) is 5.54. The summed E-state index contributed by atoms with van der Waals surface area (Å²) in [6, 6.07) is 13.6. The standard InChI is InChI=1S/C19H20FNO/c1-14(2)6-7-15-8-10-17(11-9-15)19(22)21-13-16-4-3-5-18(20)12-16/h3-12,14H,13H2,1-2H3,(H,21,22)/b7-6+. The number of amides is 1. The molecule has 0 heterocycles. The molecule has 0 aliphatic carbocycles. The molecule has 0 saturated carbocycles. The van der Waals surface area contributed by atoms with Gasteiger partial charge in [-0.3, -0.25) is 4.79 Å². The molecule has 2 rings (SSSR count). The molecule has 0 spiro atoms. The molecule has 0 aromatic heterocycles. The summed E-state index contributed by atoms with van der Waals surface area (Å²) in [4.78, 5) is 12.1. The van der Waals surface area contributed by atoms with Gasteiger partial charge in [0, 0.05) is 12.1 Å². The fourth-order valence-electron chi connectivity index (χ4n) is 1.98. The van der Waals surface area contributed by atoms with Crippen LogP contribution in [0.5, 0.6) is 0 Å². The van der Waals surface area contributed by atoms with E-state index in [1.54, 1.807) is 24.3 Å². The fraction of sp³-hybridized carbons (Fsp3) is 0.211. The molecule has 22 heavy (non-hydrogen) atoms. The van der Waals surface area contributed by atoms with Crippen molar-refractivity contribution in [2.75, 3.05) is 0 Å². The third kappa shape index (κ3) is 4.85. The normalized spacial score (nSPS) is 11.1. The number of carbonyl (C=O) groups excluding carboxylic acids is 1. The number of benzene rings is 2. The summed E-state index contributed by atoms with van der Waals surface area (Å²) >= 11 is 0. The highest BCUT2D eigenvalue weighted by Crippen LogP contribution is 2.09. The van der Waals surface area contributed by atoms with Gasteiger partial charge >= 0.3 is 0 Å². The summed E-state index contributed by atoms with van der Waals surface area (Å²) in [6.07, 6.45) is 4.15. The van der Waals surface area contributed by atoms with Crippen molar-refractivity contribution in [2.24, 2.45) is 5.92 Å². The lowest BCUT2D eigenvalue weighted by atomic mass is 10.1. The molecule has 1 N–H and O–H groups in total. The third-order valence-corrected chi connectivity index (χ3v) is 3.19. The highest BCUT2D eigenvalue weighted by atomic mass is 19.1. The number of allylic oxidation sites excluding steroid dienone is 1. The van der Waals surface area contributed by atoms with Gasteiger partial charge in [-0.05, 0) is 41.3 Å². The van der Waals surface area contributed by atoms with Gasteiger partial charge in [-0.1, -0.05) is 50.3 Å². The summed E-state index contributed by atoms with van der Waals surface area (Å²) in [6.45, 7) is 4.54. The van der Waals surface area contributed by atoms with E-state index in [4.69, 9.17) is 0 Å². The van der Waals surface area contributed by atoms with Crippen LogP contribution < -0.4 is 5.32 Å². The Kier molecular flexibility index (Phi) is 5.48. The SMILES string of the molecule is CC(C)/C=C/c1ccc(C(=O)NCc2cccc(F)c2)cc1. The summed E-state index contributed by atoms with van der Waals surface area (Å²) in [5.74, 6) is 0.0333. The zero-order valence-corrected chi connectivity index (χ0v) is 12.8. The van der Waals surface area contributed by atoms with Crippen LogP contribution in [-0.2, 0) is 6.54 Å². The van der Waals surface area contributed by atoms with Gasteiger partial charge in [-0.15, -0.1) is 0 Å². The number of halogens is 1. The molecule has 3 heteroatoms. The van der Waals surface area contributed by atoms with Crippen LogP contribution in [0.1, 0.15) is 35.3 Å². The lowest BCUT2D eigenvalue weighted by Crippen LogP contribution is -2.22. The van der Waals surface area contributed by atoms with Crippen LogP contribution in [-0.4, -0.2) is 5.91 Å². The zero-order chi connectivity index (χ0) is 15.9. The first kappa shape index (κ1) is 16.0. The molecule has 0 unspecified atom stereocenters. The van der Waals surface area contributed by atoms with Crippen molar-refractivity contribution in [3.05, 3.63) is 77.1 Å². The van der Waals surface area contributed by atoms with Crippen LogP contribution in [0.2, 0.25) is 0 Å². The van der Waals surface area contributed by atoms with Crippen molar-refractivity contribution in [1.29, 1.82) is 0 Å². The number of rotatable bonds is 5. The number of hydrogen-bond acceptors (Lipinski definition) is 1. The molecule has 0 atom stereocenters. The predicted molar refractivity (Wildman–Crippen MR) is 87.9 cm³/mol. The Bertz CT molecular complexity index is 659. The molecule has 0 saturated heterocycles. The molecule has 2 nitrogen and oxygen atoms in total. The van der Waals surface area contributed by atoms with Gasteiger partial charge in [-0.2, -0.15) is 0 Å². The van der Waals surface area contributed by atoms with Crippen LogP contribution in [0.3, 0.4) is 0 Å². The van der Waals surface area contributed by atoms with Crippen molar-refractivity contribution in [3.63, 3.8) is 0 Å². The van der Waals surface area contributed by atoms with Gasteiger partial charge in [0.15, 0.2) is 0 Å². The Labute approximate surface area is 130 Å². The smallest absolute Gasteiger partial charge is 0.251 e. The summed E-state index contributed by atoms with van der Waals surface area (Å²) in [5.41, 5.74) is 2.40. The van der Waals surface area contributed by atoms with Crippen molar-refractivity contribution in [3.8, 4) is 0 Å². The van der Waals surface area contributed by atoms with Crippen molar-refractivity contribution in [1.82, 2.24) is 5.32 Å². The maximum absolute atomic E-state index is 13.1. The van der Waals surface area contributed by atoms with E-state index < -0.39 is 0 Å². The van der Waals surface area contributed by atoms with Gasteiger partial charge in [0.25, 0.3) is 5.91 Å². The number of nitrogens with one attached hydrogen (secondary N) is 1. The Morgan fingerprint density at radius 3 is 2.55 bits per heavy atom. The Hall–Kier alpha value is -2.42. The molecular formula is C19H20FNO. The molecule has 0 fully saturated rings. The monoisotopic (exact) mass is 297 g/mol. The van der Waals surface area contributed by atoms with E-state index in [9.17, 15) is 9.18 Å². The molecule has 114 valence electrons. The van der Waals surface area contributed by atoms with E-state index in [2.05, 4.69) is 25.2 Å². The second-order valence-electron chi connectivity index (χ2n) is 5.54. The van der Waals surface area contributed by atoms with Gasteiger partial charge in [-0.25, -0.2) is 4.39 Å². The van der Waals surface area contributed by atoms with E-state index >= 15 is 0 Å². The first-order valence-electron chi connectivity index (χ1n) is 7.35. The van der Waals surface area contributed by atoms with Crippen LogP contribution in [0.25, 0.3) is 6.08 Å². The highest BCUT2D eigenvalue weighted by Gasteiger charge is 2.05. The maximum atomic E-state index is 13.1. The summed E-state index contributed by atoms with van der Waals surface area (Å²) in [7, 11) is 0. The molecule has 0 aliphatic rings. The molecule has 0 bridgehead atoms. The number of carbonyl (C=O) groups is 1. The van der Waals surface area contributed by atoms with Crippen molar-refractivity contribution >= 4 is 12.0 Å². The highest BCUT2D eigenvalue weighted by molar-refractivity contribution is 5.94. The van der Waals surface area contributed by atoms with Gasteiger partial charge in [0.1, 0.15) is 5.82 Å². The first-order valence-corrected chi connectivity index (χ1v) is 7.35. The average molecular weight is 297 g/mol. The average Bonchev–Trinajstić information content (AvgIpc) is 2.51. The molecular weight excluding hydrogens is 277 g/mol. The molecule has 2 aromatic rings. The van der Waals surface area contributed by atoms with Crippen LogP contribution in [0.15, 0.2) is 54.6 Å². The minimum Gasteiger partial charge on any atom is -0.348 e. The predicted octanol–water partition coefficient (Wildman–Crippen LogP) is 4.42. The minimum atomic E-state index is -0.298. The zero-order valence-electron chi connectivity index (χ0n) is 12.8. The van der Waals surface area contributed by atoms with E-state index in [1.165, 1.54) is 12.1 Å². The molecule has 0 radical (unpaired) electrons. The van der Waals surface area contributed by atoms with E-state index in [-0.39, 0.29) is 11.7 Å². The van der Waals surface area contributed by atoms with Gasteiger partial charge in [0.05, 0.1) is 0 Å². The molecule has 1 amide bonds. The summed E-state index contributed by atoms with van der Waals surface area (Å²) < 4.78 is 13.1. The van der Waals surface area contributed by atoms with E-state index in [0.717, 1.165) is 11.1 Å². The van der Waals surface area contributed by atoms with Crippen molar-refractivity contribution in [2.45, 2.75) is 20.4 Å². The quantitative estimate of drug-likeness (QED) is 0.869. The minimum absolute atomic E-state index is 0.163. The van der Waals surface area contributed by atoms with Gasteiger partial charge in [0.2, 0.25) is 0 Å². The largest absolute Gasteiger partial charge is 0.348 e. The third-order valence-electron chi connectivity index (χ3n) is 3.19. The first-order chi connectivity index (χ1) is 10.5. The summed E-state index contributed by atoms with van der Waals surface area (Å²) in [5, 5.41) is 2.79.